The first-order valence-corrected chi connectivity index (χ1v) is 9.02. The minimum absolute atomic E-state index is 0.162. The van der Waals surface area contributed by atoms with Crippen LogP contribution in [0.1, 0.15) is 13.8 Å². The van der Waals surface area contributed by atoms with E-state index >= 15 is 0 Å². The summed E-state index contributed by atoms with van der Waals surface area (Å²) >= 11 is 0. The Morgan fingerprint density at radius 3 is 2.40 bits per heavy atom. The molecular formula is C15H20N6O3S. The van der Waals surface area contributed by atoms with Crippen LogP contribution in [-0.2, 0) is 14.8 Å². The third kappa shape index (κ3) is 4.54. The van der Waals surface area contributed by atoms with Crippen molar-refractivity contribution in [3.63, 3.8) is 0 Å². The lowest BCUT2D eigenvalue weighted by Crippen LogP contribution is -2.48. The van der Waals surface area contributed by atoms with E-state index in [2.05, 4.69) is 10.5 Å². The van der Waals surface area contributed by atoms with Gasteiger partial charge in [0.1, 0.15) is 6.07 Å². The molecule has 0 aromatic heterocycles. The Hall–Kier alpha value is -2.48. The average Bonchev–Trinajstić information content (AvgIpc) is 2.54. The fourth-order valence-corrected chi connectivity index (χ4v) is 4.03. The Morgan fingerprint density at radius 2 is 1.92 bits per heavy atom. The first-order chi connectivity index (χ1) is 11.7. The molecule has 0 bridgehead atoms. The van der Waals surface area contributed by atoms with Crippen LogP contribution in [0.2, 0.25) is 0 Å². The maximum absolute atomic E-state index is 12.7. The van der Waals surface area contributed by atoms with Gasteiger partial charge in [-0.2, -0.15) is 14.7 Å². The Morgan fingerprint density at radius 1 is 1.36 bits per heavy atom. The highest BCUT2D eigenvalue weighted by atomic mass is 32.2. The van der Waals surface area contributed by atoms with Crippen molar-refractivity contribution in [2.24, 2.45) is 10.8 Å². The van der Waals surface area contributed by atoms with E-state index in [1.165, 1.54) is 28.6 Å². The highest BCUT2D eigenvalue weighted by Gasteiger charge is 2.32. The Kier molecular flexibility index (Phi) is 5.73. The second kappa shape index (κ2) is 7.60. The Labute approximate surface area is 146 Å². The van der Waals surface area contributed by atoms with Crippen LogP contribution in [0.25, 0.3) is 0 Å². The first-order valence-electron chi connectivity index (χ1n) is 7.58. The van der Waals surface area contributed by atoms with Crippen molar-refractivity contribution < 1.29 is 13.2 Å². The molecule has 9 nitrogen and oxygen atoms in total. The van der Waals surface area contributed by atoms with E-state index in [0.29, 0.717) is 18.8 Å². The van der Waals surface area contributed by atoms with E-state index in [1.807, 2.05) is 13.8 Å². The molecule has 0 aliphatic carbocycles. The molecular weight excluding hydrogens is 344 g/mol. The van der Waals surface area contributed by atoms with Crippen LogP contribution in [-0.4, -0.2) is 49.6 Å². The molecule has 10 heteroatoms. The maximum Gasteiger partial charge on any atom is 0.243 e. The van der Waals surface area contributed by atoms with Crippen molar-refractivity contribution >= 4 is 27.3 Å². The summed E-state index contributed by atoms with van der Waals surface area (Å²) in [6.07, 6.45) is -0.324. The van der Waals surface area contributed by atoms with Crippen LogP contribution in [0.15, 0.2) is 34.3 Å². The monoisotopic (exact) mass is 364 g/mol. The lowest BCUT2D eigenvalue weighted by molar-refractivity contribution is -0.0440. The number of sulfonamides is 1. The molecule has 134 valence electrons. The molecule has 2 rings (SSSR count). The van der Waals surface area contributed by atoms with Gasteiger partial charge in [-0.25, -0.2) is 8.42 Å². The third-order valence-corrected chi connectivity index (χ3v) is 5.38. The number of rotatable bonds is 5. The fourth-order valence-electron chi connectivity index (χ4n) is 2.44. The van der Waals surface area contributed by atoms with E-state index in [1.54, 1.807) is 6.07 Å². The van der Waals surface area contributed by atoms with Gasteiger partial charge in [-0.05, 0) is 38.1 Å². The lowest BCUT2D eigenvalue weighted by atomic mass is 10.3. The van der Waals surface area contributed by atoms with Gasteiger partial charge in [0.15, 0.2) is 5.84 Å². The molecule has 0 saturated carbocycles. The second-order valence-corrected chi connectivity index (χ2v) is 7.64. The number of nitrogens with one attached hydrogen (secondary N) is 2. The molecule has 1 aromatic carbocycles. The molecule has 1 fully saturated rings. The van der Waals surface area contributed by atoms with Crippen molar-refractivity contribution in [2.45, 2.75) is 31.0 Å². The summed E-state index contributed by atoms with van der Waals surface area (Å²) in [5.41, 5.74) is 7.97. The zero-order valence-electron chi connectivity index (χ0n) is 13.9. The zero-order chi connectivity index (χ0) is 18.6. The zero-order valence-corrected chi connectivity index (χ0v) is 14.7. The smallest absolute Gasteiger partial charge is 0.243 e. The summed E-state index contributed by atoms with van der Waals surface area (Å²) in [5, 5.41) is 19.6. The number of nitrogens with zero attached hydrogens (tertiary/aromatic N) is 3. The van der Waals surface area contributed by atoms with Gasteiger partial charge in [0, 0.05) is 13.1 Å². The number of ether oxygens (including phenoxy) is 1. The predicted molar refractivity (Wildman–Crippen MR) is 93.8 cm³/mol. The van der Waals surface area contributed by atoms with Gasteiger partial charge in [-0.1, -0.05) is 0 Å². The molecule has 2 atom stereocenters. The van der Waals surface area contributed by atoms with E-state index in [0.717, 1.165) is 0 Å². The summed E-state index contributed by atoms with van der Waals surface area (Å²) in [4.78, 5) is 0.162. The Bertz CT molecular complexity index is 803. The number of hydrogen-bond acceptors (Lipinski definition) is 7. The molecule has 0 spiro atoms. The van der Waals surface area contributed by atoms with E-state index in [9.17, 15) is 8.42 Å². The van der Waals surface area contributed by atoms with Crippen molar-refractivity contribution in [1.82, 2.24) is 4.31 Å². The van der Waals surface area contributed by atoms with Gasteiger partial charge in [-0.3, -0.25) is 10.8 Å². The molecule has 4 N–H and O–H groups in total. The minimum atomic E-state index is -3.61. The summed E-state index contributed by atoms with van der Waals surface area (Å²) in [6, 6.07) is 7.65. The second-order valence-electron chi connectivity index (χ2n) is 5.70. The number of benzene rings is 1. The molecule has 1 heterocycles. The largest absolute Gasteiger partial charge is 0.382 e. The topological polar surface area (TPSA) is 145 Å². The van der Waals surface area contributed by atoms with E-state index < -0.39 is 15.9 Å². The average molecular weight is 364 g/mol. The van der Waals surface area contributed by atoms with Gasteiger partial charge in [-0.15, -0.1) is 0 Å². The molecule has 1 aromatic rings. The normalized spacial score (nSPS) is 22.2. The third-order valence-electron chi connectivity index (χ3n) is 3.54. The SMILES string of the molecule is CC1CN(S(=O)(=O)c2ccc(N/N=C(\C#N)C(=N)N)cc2)CC(C)O1. The van der Waals surface area contributed by atoms with Gasteiger partial charge in [0.05, 0.1) is 22.8 Å². The fraction of sp³-hybridized carbons (Fsp3) is 0.400. The molecule has 0 amide bonds. The highest BCUT2D eigenvalue weighted by Crippen LogP contribution is 2.22. The molecule has 0 radical (unpaired) electrons. The van der Waals surface area contributed by atoms with E-state index in [4.69, 9.17) is 21.1 Å². The van der Waals surface area contributed by atoms with Crippen molar-refractivity contribution in [3.05, 3.63) is 24.3 Å². The number of hydrazone groups is 1. The number of amidine groups is 1. The first kappa shape index (κ1) is 18.9. The number of hydrogen-bond donors (Lipinski definition) is 3. The summed E-state index contributed by atoms with van der Waals surface area (Å²) in [7, 11) is -3.61. The van der Waals surface area contributed by atoms with Gasteiger partial charge < -0.3 is 10.5 Å². The number of nitriles is 1. The maximum atomic E-state index is 12.7. The van der Waals surface area contributed by atoms with E-state index in [-0.39, 0.29) is 22.8 Å². The van der Waals surface area contributed by atoms with Gasteiger partial charge in [0.25, 0.3) is 0 Å². The van der Waals surface area contributed by atoms with Crippen LogP contribution in [0.5, 0.6) is 0 Å². The summed E-state index contributed by atoms with van der Waals surface area (Å²) < 4.78 is 32.4. The van der Waals surface area contributed by atoms with Gasteiger partial charge in [0.2, 0.25) is 15.7 Å². The predicted octanol–water partition coefficient (Wildman–Crippen LogP) is 0.712. The Balaban J connectivity index is 2.16. The van der Waals surface area contributed by atoms with Crippen LogP contribution < -0.4 is 11.2 Å². The van der Waals surface area contributed by atoms with Crippen molar-refractivity contribution in [1.29, 1.82) is 10.7 Å². The standard InChI is InChI=1S/C15H20N6O3S/c1-10-8-21(9-11(2)24-10)25(22,23)13-5-3-12(4-6-13)19-20-14(7-16)15(17)18/h3-6,10-11,19H,8-9H2,1-2H3,(H3,17,18)/b20-14+. The minimum Gasteiger partial charge on any atom is -0.382 e. The highest BCUT2D eigenvalue weighted by molar-refractivity contribution is 7.89. The van der Waals surface area contributed by atoms with Crippen molar-refractivity contribution in [3.8, 4) is 6.07 Å². The quantitative estimate of drug-likeness (QED) is 0.399. The molecule has 1 saturated heterocycles. The summed E-state index contributed by atoms with van der Waals surface area (Å²) in [6.45, 7) is 4.29. The summed E-state index contributed by atoms with van der Waals surface area (Å²) in [5.74, 6) is -0.454. The molecule has 25 heavy (non-hydrogen) atoms. The lowest BCUT2D eigenvalue weighted by Gasteiger charge is -2.34. The number of anilines is 1. The number of nitrogens with two attached hydrogens (primary N) is 1. The van der Waals surface area contributed by atoms with Crippen LogP contribution in [0.3, 0.4) is 0 Å². The van der Waals surface area contributed by atoms with Crippen LogP contribution in [0, 0.1) is 16.7 Å². The molecule has 2 unspecified atom stereocenters. The van der Waals surface area contributed by atoms with Crippen LogP contribution in [0.4, 0.5) is 5.69 Å². The molecule has 1 aliphatic heterocycles. The van der Waals surface area contributed by atoms with Crippen LogP contribution >= 0.6 is 0 Å². The van der Waals surface area contributed by atoms with Gasteiger partial charge >= 0.3 is 0 Å². The molecule has 1 aliphatic rings. The number of morpholine rings is 1. The van der Waals surface area contributed by atoms with Crippen molar-refractivity contribution in [2.75, 3.05) is 18.5 Å².